The number of aromatic amines is 1. The van der Waals surface area contributed by atoms with Crippen LogP contribution in [0.1, 0.15) is 11.1 Å². The van der Waals surface area contributed by atoms with Crippen LogP contribution in [-0.4, -0.2) is 52.3 Å². The van der Waals surface area contributed by atoms with Gasteiger partial charge < -0.3 is 9.64 Å². The number of nitrogens with zero attached hydrogens (tertiary/aromatic N) is 3. The first-order valence-electron chi connectivity index (χ1n) is 7.41. The van der Waals surface area contributed by atoms with E-state index in [2.05, 4.69) is 15.2 Å². The molecule has 1 aromatic heterocycles. The highest BCUT2D eigenvalue weighted by atomic mass is 32.2. The van der Waals surface area contributed by atoms with E-state index < -0.39 is 0 Å². The molecule has 0 unspecified atom stereocenters. The summed E-state index contributed by atoms with van der Waals surface area (Å²) in [5, 5.41) is 7.22. The summed E-state index contributed by atoms with van der Waals surface area (Å²) in [5.74, 6) is -0.00437. The van der Waals surface area contributed by atoms with Gasteiger partial charge in [-0.3, -0.25) is 9.89 Å². The molecule has 0 radical (unpaired) electrons. The predicted octanol–water partition coefficient (Wildman–Crippen LogP) is 2.11. The number of H-pyrrole nitrogens is 1. The third-order valence-electron chi connectivity index (χ3n) is 3.48. The van der Waals surface area contributed by atoms with Crippen molar-refractivity contribution in [3.63, 3.8) is 0 Å². The molecule has 7 heteroatoms. The van der Waals surface area contributed by atoms with Crippen molar-refractivity contribution in [2.75, 3.05) is 26.3 Å². The Morgan fingerprint density at radius 2 is 2.04 bits per heavy atom. The van der Waals surface area contributed by atoms with Gasteiger partial charge in [0.15, 0.2) is 5.16 Å². The first-order valence-corrected chi connectivity index (χ1v) is 8.22. The zero-order chi connectivity index (χ0) is 16.1. The summed E-state index contributed by atoms with van der Waals surface area (Å²) in [5.41, 5.74) is 2.17. The Morgan fingerprint density at radius 1 is 1.30 bits per heavy atom. The van der Waals surface area contributed by atoms with Gasteiger partial charge >= 0.3 is 0 Å². The van der Waals surface area contributed by atoms with E-state index in [1.54, 1.807) is 0 Å². The summed E-state index contributed by atoms with van der Waals surface area (Å²) in [6.07, 6.45) is 3.33. The van der Waals surface area contributed by atoms with Gasteiger partial charge in [-0.05, 0) is 30.3 Å². The number of ether oxygens (including phenoxy) is 1. The molecular formula is C16H18N4O2S. The second-order valence-electron chi connectivity index (χ2n) is 5.22. The molecule has 0 spiro atoms. The van der Waals surface area contributed by atoms with E-state index in [0.29, 0.717) is 36.4 Å². The molecule has 1 aliphatic heterocycles. The summed E-state index contributed by atoms with van der Waals surface area (Å²) in [6, 6.07) is 8.06. The van der Waals surface area contributed by atoms with E-state index in [9.17, 15) is 4.79 Å². The van der Waals surface area contributed by atoms with Gasteiger partial charge in [0.05, 0.1) is 18.1 Å². The fourth-order valence-corrected chi connectivity index (χ4v) is 3.04. The highest BCUT2D eigenvalue weighted by Crippen LogP contribution is 2.27. The molecule has 120 valence electrons. The number of thioether (sulfide) groups is 1. The van der Waals surface area contributed by atoms with Crippen LogP contribution in [0.15, 0.2) is 40.7 Å². The van der Waals surface area contributed by atoms with Crippen molar-refractivity contribution in [3.8, 4) is 0 Å². The molecule has 1 saturated heterocycles. The molecule has 1 amide bonds. The molecule has 6 nitrogen and oxygen atoms in total. The minimum absolute atomic E-state index is 0.00437. The van der Waals surface area contributed by atoms with Crippen molar-refractivity contribution < 1.29 is 9.53 Å². The molecule has 23 heavy (non-hydrogen) atoms. The number of carbonyl (C=O) groups excluding carboxylic acids is 1. The average Bonchev–Trinajstić information content (AvgIpc) is 3.09. The Bertz CT molecular complexity index is 677. The van der Waals surface area contributed by atoms with Crippen molar-refractivity contribution in [1.29, 1.82) is 0 Å². The van der Waals surface area contributed by atoms with Gasteiger partial charge in [0, 0.05) is 13.1 Å². The number of morpholine rings is 1. The zero-order valence-corrected chi connectivity index (χ0v) is 13.7. The van der Waals surface area contributed by atoms with Crippen LogP contribution >= 0.6 is 11.8 Å². The number of amides is 1. The van der Waals surface area contributed by atoms with E-state index in [1.807, 2.05) is 42.2 Å². The van der Waals surface area contributed by atoms with Gasteiger partial charge in [-0.25, -0.2) is 4.98 Å². The summed E-state index contributed by atoms with van der Waals surface area (Å²) in [6.45, 7) is 4.42. The second kappa shape index (κ2) is 7.43. The average molecular weight is 330 g/mol. The first kappa shape index (κ1) is 15.8. The van der Waals surface area contributed by atoms with Gasteiger partial charge in [0.1, 0.15) is 6.33 Å². The highest BCUT2D eigenvalue weighted by Gasteiger charge is 2.22. The summed E-state index contributed by atoms with van der Waals surface area (Å²) in [7, 11) is 0. The van der Waals surface area contributed by atoms with Crippen molar-refractivity contribution >= 4 is 23.7 Å². The van der Waals surface area contributed by atoms with Crippen LogP contribution in [0.2, 0.25) is 0 Å². The van der Waals surface area contributed by atoms with Gasteiger partial charge in [0.25, 0.3) is 5.91 Å². The normalized spacial score (nSPS) is 15.7. The Balaban J connectivity index is 1.85. The maximum atomic E-state index is 12.8. The maximum Gasteiger partial charge on any atom is 0.260 e. The lowest BCUT2D eigenvalue weighted by Crippen LogP contribution is -2.41. The molecule has 0 atom stereocenters. The largest absolute Gasteiger partial charge is 0.378 e. The SMILES string of the molecule is Cc1ccc(/C=C(/Sc2ncn[nH]2)C(=O)N2CCOCC2)cc1. The number of rotatable bonds is 4. The Kier molecular flexibility index (Phi) is 5.09. The van der Waals surface area contributed by atoms with Gasteiger partial charge in [-0.2, -0.15) is 5.10 Å². The highest BCUT2D eigenvalue weighted by molar-refractivity contribution is 8.04. The lowest BCUT2D eigenvalue weighted by molar-refractivity contribution is -0.130. The smallest absolute Gasteiger partial charge is 0.260 e. The number of aromatic nitrogens is 3. The molecule has 1 aromatic carbocycles. The predicted molar refractivity (Wildman–Crippen MR) is 88.8 cm³/mol. The third kappa shape index (κ3) is 4.20. The standard InChI is InChI=1S/C16H18N4O2S/c1-12-2-4-13(5-3-12)10-14(23-16-17-11-18-19-16)15(21)20-6-8-22-9-7-20/h2-5,10-11H,6-9H2,1H3,(H,17,18,19)/b14-10+. The summed E-state index contributed by atoms with van der Waals surface area (Å²) in [4.78, 5) is 19.3. The molecule has 1 N–H and O–H groups in total. The van der Waals surface area contributed by atoms with Crippen LogP contribution in [0.5, 0.6) is 0 Å². The molecule has 3 rings (SSSR count). The van der Waals surface area contributed by atoms with Crippen molar-refractivity contribution in [1.82, 2.24) is 20.1 Å². The van der Waals surface area contributed by atoms with Crippen LogP contribution in [0.4, 0.5) is 0 Å². The maximum absolute atomic E-state index is 12.8. The minimum atomic E-state index is -0.00437. The fourth-order valence-electron chi connectivity index (χ4n) is 2.22. The monoisotopic (exact) mass is 330 g/mol. The fraction of sp³-hybridized carbons (Fsp3) is 0.312. The van der Waals surface area contributed by atoms with Crippen LogP contribution in [0.25, 0.3) is 6.08 Å². The third-order valence-corrected chi connectivity index (χ3v) is 4.39. The van der Waals surface area contributed by atoms with Crippen molar-refractivity contribution in [2.45, 2.75) is 12.1 Å². The molecule has 0 saturated carbocycles. The number of carbonyl (C=O) groups is 1. The Labute approximate surface area is 138 Å². The summed E-state index contributed by atoms with van der Waals surface area (Å²) >= 11 is 1.30. The van der Waals surface area contributed by atoms with Crippen LogP contribution < -0.4 is 0 Å². The van der Waals surface area contributed by atoms with Gasteiger partial charge in [-0.1, -0.05) is 29.8 Å². The van der Waals surface area contributed by atoms with E-state index in [-0.39, 0.29) is 5.91 Å². The van der Waals surface area contributed by atoms with Crippen LogP contribution in [0, 0.1) is 6.92 Å². The van der Waals surface area contributed by atoms with Crippen molar-refractivity contribution in [3.05, 3.63) is 46.6 Å². The second-order valence-corrected chi connectivity index (χ2v) is 6.25. The van der Waals surface area contributed by atoms with Crippen LogP contribution in [0.3, 0.4) is 0 Å². The molecule has 0 bridgehead atoms. The number of hydrogen-bond acceptors (Lipinski definition) is 5. The number of benzene rings is 1. The van der Waals surface area contributed by atoms with Gasteiger partial charge in [0.2, 0.25) is 0 Å². The number of nitrogens with one attached hydrogen (secondary N) is 1. The Hall–Kier alpha value is -2.12. The molecule has 2 aromatic rings. The minimum Gasteiger partial charge on any atom is -0.378 e. The molecular weight excluding hydrogens is 312 g/mol. The van der Waals surface area contributed by atoms with E-state index in [4.69, 9.17) is 4.74 Å². The van der Waals surface area contributed by atoms with Crippen LogP contribution in [-0.2, 0) is 9.53 Å². The first-order chi connectivity index (χ1) is 11.2. The van der Waals surface area contributed by atoms with E-state index in [0.717, 1.165) is 5.56 Å². The van der Waals surface area contributed by atoms with E-state index >= 15 is 0 Å². The lowest BCUT2D eigenvalue weighted by Gasteiger charge is -2.27. The van der Waals surface area contributed by atoms with E-state index in [1.165, 1.54) is 23.7 Å². The topological polar surface area (TPSA) is 71.1 Å². The zero-order valence-electron chi connectivity index (χ0n) is 12.9. The lowest BCUT2D eigenvalue weighted by atomic mass is 10.1. The Morgan fingerprint density at radius 3 is 2.70 bits per heavy atom. The number of aryl methyl sites for hydroxylation is 1. The molecule has 2 heterocycles. The number of hydrogen-bond donors (Lipinski definition) is 1. The molecule has 1 aliphatic rings. The molecule has 0 aliphatic carbocycles. The van der Waals surface area contributed by atoms with Gasteiger partial charge in [-0.15, -0.1) is 0 Å². The molecule has 1 fully saturated rings. The summed E-state index contributed by atoms with van der Waals surface area (Å²) < 4.78 is 5.32. The van der Waals surface area contributed by atoms with Crippen molar-refractivity contribution in [2.24, 2.45) is 0 Å². The quantitative estimate of drug-likeness (QED) is 0.687.